The van der Waals surface area contributed by atoms with Gasteiger partial charge in [-0.2, -0.15) is 0 Å². The lowest BCUT2D eigenvalue weighted by Crippen LogP contribution is -2.47. The molecule has 0 aliphatic carbocycles. The van der Waals surface area contributed by atoms with Gasteiger partial charge in [0, 0.05) is 55.6 Å². The fourth-order valence-corrected chi connectivity index (χ4v) is 6.03. The van der Waals surface area contributed by atoms with E-state index < -0.39 is 12.0 Å². The average Bonchev–Trinajstić information content (AvgIpc) is 3.61. The van der Waals surface area contributed by atoms with Gasteiger partial charge in [-0.05, 0) is 40.5 Å². The van der Waals surface area contributed by atoms with Crippen molar-refractivity contribution in [2.24, 2.45) is 0 Å². The molecular weight excluding hydrogens is 538 g/mol. The molecule has 2 aliphatic rings. The van der Waals surface area contributed by atoms with Crippen LogP contribution in [0.4, 0.5) is 10.8 Å². The van der Waals surface area contributed by atoms with Crippen LogP contribution in [-0.2, 0) is 16.1 Å². The number of carbonyl (C=O) groups is 3. The van der Waals surface area contributed by atoms with Crippen LogP contribution < -0.4 is 10.2 Å². The Morgan fingerprint density at radius 3 is 2.37 bits per heavy atom. The fourth-order valence-electron chi connectivity index (χ4n) is 5.50. The molecule has 0 saturated carbocycles. The van der Waals surface area contributed by atoms with E-state index in [0.29, 0.717) is 30.3 Å². The minimum Gasteiger partial charge on any atom is -0.480 e. The zero-order valence-electron chi connectivity index (χ0n) is 22.3. The van der Waals surface area contributed by atoms with Crippen LogP contribution in [-0.4, -0.2) is 70.4 Å². The van der Waals surface area contributed by atoms with E-state index in [9.17, 15) is 14.4 Å². The molecule has 0 bridgehead atoms. The Morgan fingerprint density at radius 1 is 0.951 bits per heavy atom. The molecule has 1 atom stereocenters. The highest BCUT2D eigenvalue weighted by Gasteiger charge is 2.37. The minimum absolute atomic E-state index is 0.0733. The largest absolute Gasteiger partial charge is 0.480 e. The summed E-state index contributed by atoms with van der Waals surface area (Å²) < 4.78 is 0. The van der Waals surface area contributed by atoms with Crippen molar-refractivity contribution in [1.82, 2.24) is 14.8 Å². The van der Waals surface area contributed by atoms with Crippen LogP contribution in [0.5, 0.6) is 0 Å². The second-order valence-electron chi connectivity index (χ2n) is 10.1. The quantitative estimate of drug-likeness (QED) is 0.326. The van der Waals surface area contributed by atoms with Crippen molar-refractivity contribution in [1.29, 1.82) is 0 Å². The van der Waals surface area contributed by atoms with Crippen molar-refractivity contribution < 1.29 is 19.5 Å². The molecule has 208 valence electrons. The summed E-state index contributed by atoms with van der Waals surface area (Å²) in [5.41, 5.74) is 5.24. The molecule has 0 radical (unpaired) electrons. The highest BCUT2D eigenvalue weighted by atomic mass is 32.1. The van der Waals surface area contributed by atoms with Gasteiger partial charge in [0.2, 0.25) is 0 Å². The highest BCUT2D eigenvalue weighted by Crippen LogP contribution is 2.35. The molecule has 4 aromatic rings. The van der Waals surface area contributed by atoms with E-state index in [2.05, 4.69) is 27.3 Å². The molecule has 2 N–H and O–H groups in total. The van der Waals surface area contributed by atoms with Crippen molar-refractivity contribution in [3.8, 4) is 11.1 Å². The number of carbonyl (C=O) groups excluding carboxylic acids is 2. The molecule has 1 fully saturated rings. The third-order valence-corrected chi connectivity index (χ3v) is 8.27. The van der Waals surface area contributed by atoms with Crippen LogP contribution in [0.15, 0.2) is 84.4 Å². The van der Waals surface area contributed by atoms with E-state index in [0.717, 1.165) is 41.0 Å². The van der Waals surface area contributed by atoms with Crippen molar-refractivity contribution in [3.05, 3.63) is 101 Å². The van der Waals surface area contributed by atoms with Crippen LogP contribution in [0.3, 0.4) is 0 Å². The third-order valence-electron chi connectivity index (χ3n) is 7.58. The number of thiazole rings is 1. The predicted octanol–water partition coefficient (Wildman–Crippen LogP) is 4.35. The number of anilines is 2. The molecule has 1 unspecified atom stereocenters. The number of carboxylic acids is 1. The first-order valence-electron chi connectivity index (χ1n) is 13.4. The van der Waals surface area contributed by atoms with E-state index in [4.69, 9.17) is 5.11 Å². The molecule has 2 amide bonds. The van der Waals surface area contributed by atoms with Gasteiger partial charge in [-0.1, -0.05) is 54.6 Å². The molecule has 3 heterocycles. The fraction of sp³-hybridized carbons (Fsp3) is 0.226. The third kappa shape index (κ3) is 5.70. The Kier molecular flexibility index (Phi) is 7.49. The normalized spacial score (nSPS) is 16.0. The Bertz CT molecular complexity index is 1550. The van der Waals surface area contributed by atoms with Crippen molar-refractivity contribution >= 4 is 39.9 Å². The van der Waals surface area contributed by atoms with Gasteiger partial charge in [0.25, 0.3) is 11.8 Å². The number of aliphatic carboxylic acids is 1. The molecule has 10 heteroatoms. The lowest BCUT2D eigenvalue weighted by atomic mass is 10.00. The number of aromatic nitrogens is 1. The maximum atomic E-state index is 13.7. The summed E-state index contributed by atoms with van der Waals surface area (Å²) in [5, 5.41) is 14.2. The summed E-state index contributed by atoms with van der Waals surface area (Å²) in [6.07, 6.45) is 1.63. The maximum absolute atomic E-state index is 13.7. The Balaban J connectivity index is 1.19. The molecule has 1 aromatic heterocycles. The van der Waals surface area contributed by atoms with Gasteiger partial charge in [-0.15, -0.1) is 11.3 Å². The first kappa shape index (κ1) is 26.7. The molecular formula is C31H29N5O4S. The van der Waals surface area contributed by atoms with E-state index >= 15 is 0 Å². The van der Waals surface area contributed by atoms with Crippen LogP contribution in [0.25, 0.3) is 11.1 Å². The van der Waals surface area contributed by atoms with E-state index in [1.165, 1.54) is 11.3 Å². The van der Waals surface area contributed by atoms with Crippen LogP contribution in [0, 0.1) is 0 Å². The van der Waals surface area contributed by atoms with Gasteiger partial charge < -0.3 is 14.9 Å². The van der Waals surface area contributed by atoms with E-state index in [1.54, 1.807) is 16.5 Å². The second-order valence-corrected chi connectivity index (χ2v) is 11.0. The SMILES string of the molecule is O=C(O)CN1CCN(c2ccc(-c3ccc4c(c3)C(=O)N(C(C(=O)Nc3nccs3)c3ccccc3)C4)cc2)CC1. The molecule has 3 aromatic carbocycles. The topological polar surface area (TPSA) is 106 Å². The van der Waals surface area contributed by atoms with Crippen molar-refractivity contribution in [3.63, 3.8) is 0 Å². The van der Waals surface area contributed by atoms with Crippen LogP contribution in [0.1, 0.15) is 27.5 Å². The first-order valence-corrected chi connectivity index (χ1v) is 14.3. The monoisotopic (exact) mass is 567 g/mol. The zero-order chi connectivity index (χ0) is 28.3. The summed E-state index contributed by atoms with van der Waals surface area (Å²) in [5.74, 6) is -1.28. The van der Waals surface area contributed by atoms with Gasteiger partial charge in [0.05, 0.1) is 6.54 Å². The minimum atomic E-state index is -0.798. The van der Waals surface area contributed by atoms with E-state index in [-0.39, 0.29) is 18.4 Å². The Morgan fingerprint density at radius 2 is 1.68 bits per heavy atom. The standard InChI is InChI=1S/C31H29N5O4S/c37-27(38)20-34-13-15-35(16-14-34)25-10-8-21(9-11-25)23-6-7-24-19-36(30(40)26(24)18-23)28(22-4-2-1-3-5-22)29(39)33-31-32-12-17-41-31/h1-12,17-18,28H,13-16,19-20H2,(H,37,38)(H,32,33,39). The number of piperazine rings is 1. The summed E-state index contributed by atoms with van der Waals surface area (Å²) >= 11 is 1.33. The van der Waals surface area contributed by atoms with Gasteiger partial charge in [0.15, 0.2) is 5.13 Å². The van der Waals surface area contributed by atoms with Crippen LogP contribution in [0.2, 0.25) is 0 Å². The number of amides is 2. The molecule has 0 spiro atoms. The predicted molar refractivity (Wildman–Crippen MR) is 158 cm³/mol. The second kappa shape index (κ2) is 11.5. The summed E-state index contributed by atoms with van der Waals surface area (Å²) in [4.78, 5) is 48.2. The van der Waals surface area contributed by atoms with Crippen LogP contribution >= 0.6 is 11.3 Å². The maximum Gasteiger partial charge on any atom is 0.317 e. The Hall–Kier alpha value is -4.54. The van der Waals surface area contributed by atoms with Gasteiger partial charge in [-0.25, -0.2) is 4.98 Å². The van der Waals surface area contributed by atoms with Crippen molar-refractivity contribution in [2.45, 2.75) is 12.6 Å². The average molecular weight is 568 g/mol. The smallest absolute Gasteiger partial charge is 0.317 e. The zero-order valence-corrected chi connectivity index (χ0v) is 23.1. The van der Waals surface area contributed by atoms with Gasteiger partial charge in [-0.3, -0.25) is 24.6 Å². The molecule has 1 saturated heterocycles. The number of fused-ring (bicyclic) bond motifs is 1. The summed E-state index contributed by atoms with van der Waals surface area (Å²) in [7, 11) is 0. The van der Waals surface area contributed by atoms with Gasteiger partial charge in [0.1, 0.15) is 6.04 Å². The van der Waals surface area contributed by atoms with Crippen molar-refractivity contribution in [2.75, 3.05) is 42.9 Å². The molecule has 2 aliphatic heterocycles. The molecule has 41 heavy (non-hydrogen) atoms. The lowest BCUT2D eigenvalue weighted by molar-refractivity contribution is -0.138. The Labute approximate surface area is 241 Å². The number of hydrogen-bond acceptors (Lipinski definition) is 7. The summed E-state index contributed by atoms with van der Waals surface area (Å²) in [6, 6.07) is 22.7. The molecule has 6 rings (SSSR count). The van der Waals surface area contributed by atoms with Gasteiger partial charge >= 0.3 is 5.97 Å². The number of carboxylic acid groups (broad SMARTS) is 1. The number of nitrogens with zero attached hydrogens (tertiary/aromatic N) is 4. The first-order chi connectivity index (χ1) is 20.0. The number of benzene rings is 3. The number of nitrogens with one attached hydrogen (secondary N) is 1. The number of hydrogen-bond donors (Lipinski definition) is 2. The highest BCUT2D eigenvalue weighted by molar-refractivity contribution is 7.13. The van der Waals surface area contributed by atoms with E-state index in [1.807, 2.05) is 65.6 Å². The number of rotatable bonds is 8. The summed E-state index contributed by atoms with van der Waals surface area (Å²) in [6.45, 7) is 3.38. The molecule has 9 nitrogen and oxygen atoms in total. The lowest BCUT2D eigenvalue weighted by Gasteiger charge is -2.35.